The second-order valence-corrected chi connectivity index (χ2v) is 12.9. The van der Waals surface area contributed by atoms with Gasteiger partial charge in [-0.2, -0.15) is 15.5 Å². The first-order valence-electron chi connectivity index (χ1n) is 9.69. The molecule has 3 N–H and O–H groups in total. The lowest BCUT2D eigenvalue weighted by molar-refractivity contribution is 0.0691. The summed E-state index contributed by atoms with van der Waals surface area (Å²) in [5.74, 6) is -0.999. The summed E-state index contributed by atoms with van der Waals surface area (Å²) in [4.78, 5) is 10.8. The predicted molar refractivity (Wildman–Crippen MR) is 123 cm³/mol. The zero-order valence-corrected chi connectivity index (χ0v) is 18.5. The number of carbonyl (C=O) groups is 1. The fourth-order valence-electron chi connectivity index (χ4n) is 3.14. The van der Waals surface area contributed by atoms with Crippen LogP contribution in [0.1, 0.15) is 16.2 Å². The average molecular weight is 430 g/mol. The van der Waals surface area contributed by atoms with Crippen LogP contribution in [0.25, 0.3) is 22.3 Å². The van der Waals surface area contributed by atoms with Crippen LogP contribution >= 0.6 is 0 Å². The molecule has 0 unspecified atom stereocenters. The van der Waals surface area contributed by atoms with E-state index in [1.54, 1.807) is 0 Å². The van der Waals surface area contributed by atoms with Gasteiger partial charge in [0.25, 0.3) is 0 Å². The summed E-state index contributed by atoms with van der Waals surface area (Å²) in [5.41, 5.74) is 4.11. The lowest BCUT2D eigenvalue weighted by atomic mass is 10.1. The molecule has 4 rings (SSSR count). The Bertz CT molecular complexity index is 1200. The topological polar surface area (TPSA) is 118 Å². The zero-order chi connectivity index (χ0) is 22.4. The number of carboxylic acids is 1. The number of H-pyrrole nitrogens is 2. The van der Waals surface area contributed by atoms with Gasteiger partial charge in [0.2, 0.25) is 0 Å². The molecule has 2 aromatic carbocycles. The highest BCUT2D eigenvalue weighted by atomic mass is 28.3. The van der Waals surface area contributed by atoms with Gasteiger partial charge < -0.3 is 5.11 Å². The third kappa shape index (κ3) is 4.97. The molecule has 0 bridgehead atoms. The van der Waals surface area contributed by atoms with Crippen molar-refractivity contribution in [3.05, 3.63) is 78.2 Å². The number of carboxylic acid groups (broad SMARTS) is 1. The number of rotatable bonds is 4. The molecule has 0 aliphatic carbocycles. The largest absolute Gasteiger partial charge is 0.477 e. The van der Waals surface area contributed by atoms with Gasteiger partial charge in [-0.3, -0.25) is 10.2 Å². The maximum absolute atomic E-state index is 10.8. The number of hydrogen-bond acceptors (Lipinski definition) is 4. The minimum Gasteiger partial charge on any atom is -0.477 e. The van der Waals surface area contributed by atoms with E-state index in [0.29, 0.717) is 11.3 Å². The summed E-state index contributed by atoms with van der Waals surface area (Å²) in [5, 5.41) is 32.5. The molecule has 0 saturated heterocycles. The Hall–Kier alpha value is -3.96. The normalized spacial score (nSPS) is 10.6. The number of nitrogens with zero attached hydrogens (tertiary/aromatic N) is 3. The van der Waals surface area contributed by atoms with Crippen molar-refractivity contribution >= 4 is 19.4 Å². The van der Waals surface area contributed by atoms with Crippen LogP contribution in [0.5, 0.6) is 0 Å². The Kier molecular flexibility index (Phi) is 6.48. The van der Waals surface area contributed by atoms with Crippen LogP contribution in [0, 0.1) is 11.3 Å². The van der Waals surface area contributed by atoms with Crippen LogP contribution in [0.15, 0.2) is 66.9 Å². The lowest BCUT2D eigenvalue weighted by Crippen LogP contribution is -2.40. The van der Waals surface area contributed by atoms with Gasteiger partial charge in [0, 0.05) is 16.4 Å². The maximum atomic E-state index is 10.8. The molecule has 8 heteroatoms. The van der Waals surface area contributed by atoms with E-state index in [1.165, 1.54) is 6.20 Å². The van der Waals surface area contributed by atoms with Crippen molar-refractivity contribution in [2.24, 2.45) is 0 Å². The van der Waals surface area contributed by atoms with Crippen LogP contribution in [-0.2, 0) is 0 Å². The van der Waals surface area contributed by atoms with E-state index in [4.69, 9.17) is 10.4 Å². The summed E-state index contributed by atoms with van der Waals surface area (Å²) < 4.78 is 0. The molecule has 0 aliphatic heterocycles. The minimum atomic E-state index is -1.53. The quantitative estimate of drug-likeness (QED) is 0.419. The van der Waals surface area contributed by atoms with Crippen molar-refractivity contribution in [2.75, 3.05) is 0 Å². The highest BCUT2D eigenvalue weighted by molar-refractivity contribution is 6.89. The first-order chi connectivity index (χ1) is 14.8. The number of hydrogen-bond donors (Lipinski definition) is 3. The van der Waals surface area contributed by atoms with Gasteiger partial charge in [-0.1, -0.05) is 80.3 Å². The number of nitriles is 1. The van der Waals surface area contributed by atoms with Gasteiger partial charge in [-0.15, -0.1) is 0 Å². The van der Waals surface area contributed by atoms with Crippen LogP contribution < -0.4 is 5.32 Å². The van der Waals surface area contributed by atoms with E-state index in [1.807, 2.05) is 60.7 Å². The zero-order valence-electron chi connectivity index (χ0n) is 17.5. The summed E-state index contributed by atoms with van der Waals surface area (Å²) >= 11 is 0. The summed E-state index contributed by atoms with van der Waals surface area (Å²) in [7, 11) is -1.53. The Morgan fingerprint density at radius 1 is 0.968 bits per heavy atom. The Balaban J connectivity index is 0.000000179. The second-order valence-electron chi connectivity index (χ2n) is 7.88. The molecule has 2 aromatic heterocycles. The minimum absolute atomic E-state index is 0.121. The van der Waals surface area contributed by atoms with Crippen molar-refractivity contribution < 1.29 is 9.90 Å². The first kappa shape index (κ1) is 21.7. The third-order valence-electron chi connectivity index (χ3n) is 4.62. The molecule has 0 atom stereocenters. The fourth-order valence-corrected chi connectivity index (χ4v) is 4.54. The van der Waals surface area contributed by atoms with Crippen LogP contribution in [0.3, 0.4) is 0 Å². The van der Waals surface area contributed by atoms with Gasteiger partial charge in [-0.25, -0.2) is 4.79 Å². The van der Waals surface area contributed by atoms with Crippen molar-refractivity contribution in [1.82, 2.24) is 20.4 Å². The predicted octanol–water partition coefficient (Wildman–Crippen LogP) is 4.27. The molecule has 31 heavy (non-hydrogen) atoms. The molecule has 4 aromatic rings. The standard InChI is InChI=1S/C13H15N3Si.C10H8N2O2/c1-17(2,3)13-12(11(9-14)15-16-13)10-7-5-4-6-8-10;13-10(14)9-8(6-11-12-9)7-4-2-1-3-5-7/h4-8H,1-3H3,(H,15,16);1-6H,(H,11,12)(H,13,14). The van der Waals surface area contributed by atoms with E-state index < -0.39 is 14.0 Å². The van der Waals surface area contributed by atoms with Gasteiger partial charge in [0.05, 0.1) is 6.20 Å². The molecule has 2 heterocycles. The summed E-state index contributed by atoms with van der Waals surface area (Å²) in [6.07, 6.45) is 1.51. The summed E-state index contributed by atoms with van der Waals surface area (Å²) in [6, 6.07) is 21.4. The van der Waals surface area contributed by atoms with Crippen molar-refractivity contribution in [2.45, 2.75) is 19.6 Å². The van der Waals surface area contributed by atoms with Crippen molar-refractivity contribution in [1.29, 1.82) is 5.26 Å². The van der Waals surface area contributed by atoms with E-state index in [2.05, 4.69) is 46.1 Å². The van der Waals surface area contributed by atoms with Crippen LogP contribution in [0.2, 0.25) is 19.6 Å². The molecular formula is C23H23N5O2Si. The second kappa shape index (κ2) is 9.24. The molecule has 0 spiro atoms. The average Bonchev–Trinajstić information content (AvgIpc) is 3.42. The molecule has 0 saturated carbocycles. The first-order valence-corrected chi connectivity index (χ1v) is 13.2. The Morgan fingerprint density at radius 2 is 1.55 bits per heavy atom. The molecule has 0 aliphatic rings. The van der Waals surface area contributed by atoms with Crippen LogP contribution in [-0.4, -0.2) is 39.5 Å². The highest BCUT2D eigenvalue weighted by Gasteiger charge is 2.26. The molecular weight excluding hydrogens is 406 g/mol. The van der Waals surface area contributed by atoms with Crippen LogP contribution in [0.4, 0.5) is 0 Å². The molecule has 7 nitrogen and oxygen atoms in total. The molecule has 0 fully saturated rings. The third-order valence-corrected chi connectivity index (χ3v) is 6.48. The van der Waals surface area contributed by atoms with Gasteiger partial charge >= 0.3 is 5.97 Å². The maximum Gasteiger partial charge on any atom is 0.354 e. The molecule has 156 valence electrons. The van der Waals surface area contributed by atoms with E-state index >= 15 is 0 Å². The van der Waals surface area contributed by atoms with E-state index in [0.717, 1.165) is 22.0 Å². The monoisotopic (exact) mass is 429 g/mol. The van der Waals surface area contributed by atoms with Gasteiger partial charge in [0.1, 0.15) is 14.1 Å². The van der Waals surface area contributed by atoms with Crippen molar-refractivity contribution in [3.63, 3.8) is 0 Å². The number of aromatic carboxylic acids is 1. The Morgan fingerprint density at radius 3 is 2.06 bits per heavy atom. The Labute approximate surface area is 181 Å². The number of nitrogens with one attached hydrogen (secondary N) is 2. The lowest BCUT2D eigenvalue weighted by Gasteiger charge is -2.16. The number of aromatic amines is 2. The smallest absolute Gasteiger partial charge is 0.354 e. The van der Waals surface area contributed by atoms with Gasteiger partial charge in [-0.05, 0) is 11.1 Å². The highest BCUT2D eigenvalue weighted by Crippen LogP contribution is 2.22. The molecule has 0 radical (unpaired) electrons. The van der Waals surface area contributed by atoms with Gasteiger partial charge in [0.15, 0.2) is 11.4 Å². The number of benzene rings is 2. The summed E-state index contributed by atoms with van der Waals surface area (Å²) in [6.45, 7) is 6.73. The van der Waals surface area contributed by atoms with E-state index in [-0.39, 0.29) is 5.69 Å². The molecule has 0 amide bonds. The van der Waals surface area contributed by atoms with Crippen molar-refractivity contribution in [3.8, 4) is 28.3 Å². The van der Waals surface area contributed by atoms with E-state index in [9.17, 15) is 4.79 Å². The number of aromatic nitrogens is 4. The fraction of sp³-hybridized carbons (Fsp3) is 0.130. The SMILES string of the molecule is C[Si](C)(C)c1[nH]nc(C#N)c1-c1ccccc1.O=C(O)c1[nH]ncc1-c1ccccc1.